The summed E-state index contributed by atoms with van der Waals surface area (Å²) in [7, 11) is 0. The summed E-state index contributed by atoms with van der Waals surface area (Å²) >= 11 is 1.74. The van der Waals surface area contributed by atoms with Crippen molar-refractivity contribution in [3.63, 3.8) is 0 Å². The van der Waals surface area contributed by atoms with Crippen LogP contribution in [-0.4, -0.2) is 11.5 Å². The summed E-state index contributed by atoms with van der Waals surface area (Å²) in [4.78, 5) is 5.64. The predicted octanol–water partition coefficient (Wildman–Crippen LogP) is 3.54. The van der Waals surface area contributed by atoms with Gasteiger partial charge in [0, 0.05) is 17.5 Å². The molecule has 0 aliphatic rings. The van der Waals surface area contributed by atoms with Crippen molar-refractivity contribution in [2.24, 2.45) is 5.41 Å². The number of hydrogen-bond acceptors (Lipinski definition) is 3. The molecule has 15 heavy (non-hydrogen) atoms. The third kappa shape index (κ3) is 3.58. The van der Waals surface area contributed by atoms with Crippen LogP contribution in [-0.2, 0) is 0 Å². The average Bonchev–Trinajstić information content (AvgIpc) is 2.61. The van der Waals surface area contributed by atoms with E-state index in [-0.39, 0.29) is 0 Å². The predicted molar refractivity (Wildman–Crippen MR) is 67.3 cm³/mol. The van der Waals surface area contributed by atoms with E-state index in [9.17, 15) is 0 Å². The van der Waals surface area contributed by atoms with E-state index < -0.39 is 0 Å². The van der Waals surface area contributed by atoms with Crippen LogP contribution in [0.3, 0.4) is 0 Å². The molecular weight excluding hydrogens is 204 g/mol. The van der Waals surface area contributed by atoms with Crippen molar-refractivity contribution in [1.29, 1.82) is 0 Å². The minimum atomic E-state index is 0.382. The van der Waals surface area contributed by atoms with Gasteiger partial charge in [-0.05, 0) is 25.7 Å². The molecule has 0 amide bonds. The van der Waals surface area contributed by atoms with Gasteiger partial charge in [0.25, 0.3) is 0 Å². The first-order chi connectivity index (χ1) is 6.96. The molecule has 1 N–H and O–H groups in total. The zero-order valence-electron chi connectivity index (χ0n) is 10.4. The minimum Gasteiger partial charge on any atom is -0.309 e. The summed E-state index contributed by atoms with van der Waals surface area (Å²) in [6.45, 7) is 12.2. The fourth-order valence-corrected chi connectivity index (χ4v) is 2.21. The van der Waals surface area contributed by atoms with Crippen LogP contribution in [0.4, 0.5) is 0 Å². The average molecular weight is 226 g/mol. The fraction of sp³-hybridized carbons (Fsp3) is 0.750. The van der Waals surface area contributed by atoms with E-state index in [1.807, 2.05) is 5.51 Å². The van der Waals surface area contributed by atoms with Crippen LogP contribution < -0.4 is 5.32 Å². The van der Waals surface area contributed by atoms with Gasteiger partial charge < -0.3 is 5.32 Å². The van der Waals surface area contributed by atoms with Crippen molar-refractivity contribution in [2.45, 2.75) is 47.1 Å². The zero-order chi connectivity index (χ0) is 11.5. The van der Waals surface area contributed by atoms with Crippen LogP contribution >= 0.6 is 11.3 Å². The molecular formula is C12H22N2S. The number of nitrogens with zero attached hydrogens (tertiary/aromatic N) is 1. The fourth-order valence-electron chi connectivity index (χ4n) is 1.37. The zero-order valence-corrected chi connectivity index (χ0v) is 11.2. The molecule has 0 aliphatic carbocycles. The summed E-state index contributed by atoms with van der Waals surface area (Å²) in [6.07, 6.45) is 1.20. The molecule has 1 rings (SSSR count). The van der Waals surface area contributed by atoms with E-state index in [0.29, 0.717) is 11.5 Å². The van der Waals surface area contributed by atoms with E-state index in [4.69, 9.17) is 0 Å². The Balaban J connectivity index is 2.50. The van der Waals surface area contributed by atoms with E-state index in [2.05, 4.69) is 44.9 Å². The number of nitrogens with one attached hydrogen (secondary N) is 1. The maximum Gasteiger partial charge on any atom is 0.0798 e. The van der Waals surface area contributed by atoms with Crippen LogP contribution in [0.25, 0.3) is 0 Å². The highest BCUT2D eigenvalue weighted by atomic mass is 32.1. The van der Waals surface area contributed by atoms with E-state index in [1.165, 1.54) is 11.3 Å². The lowest BCUT2D eigenvalue weighted by Gasteiger charge is -2.25. The first kappa shape index (κ1) is 12.7. The smallest absolute Gasteiger partial charge is 0.0798 e. The summed E-state index contributed by atoms with van der Waals surface area (Å²) in [5, 5.41) is 3.59. The van der Waals surface area contributed by atoms with Gasteiger partial charge in [-0.25, -0.2) is 4.98 Å². The molecule has 0 bridgehead atoms. The summed E-state index contributed by atoms with van der Waals surface area (Å²) in [6, 6.07) is 0.420. The van der Waals surface area contributed by atoms with Crippen LogP contribution in [0.1, 0.15) is 50.7 Å². The van der Waals surface area contributed by atoms with E-state index >= 15 is 0 Å². The number of hydrogen-bond donors (Lipinski definition) is 1. The van der Waals surface area contributed by atoms with Crippen molar-refractivity contribution < 1.29 is 0 Å². The summed E-state index contributed by atoms with van der Waals surface area (Å²) in [5.41, 5.74) is 3.47. The molecule has 1 aromatic rings. The summed E-state index contributed by atoms with van der Waals surface area (Å²) < 4.78 is 0. The van der Waals surface area contributed by atoms with Gasteiger partial charge in [-0.15, -0.1) is 11.3 Å². The second-order valence-electron chi connectivity index (χ2n) is 4.92. The monoisotopic (exact) mass is 226 g/mol. The van der Waals surface area contributed by atoms with Gasteiger partial charge >= 0.3 is 0 Å². The quantitative estimate of drug-likeness (QED) is 0.830. The van der Waals surface area contributed by atoms with Gasteiger partial charge in [-0.2, -0.15) is 0 Å². The molecule has 2 nitrogen and oxygen atoms in total. The minimum absolute atomic E-state index is 0.382. The Morgan fingerprint density at radius 1 is 1.53 bits per heavy atom. The van der Waals surface area contributed by atoms with Crippen LogP contribution in [0.5, 0.6) is 0 Å². The number of aromatic nitrogens is 1. The lowest BCUT2D eigenvalue weighted by Crippen LogP contribution is -2.30. The second kappa shape index (κ2) is 5.08. The molecule has 3 heteroatoms. The molecule has 0 saturated carbocycles. The largest absolute Gasteiger partial charge is 0.309 e. The van der Waals surface area contributed by atoms with Gasteiger partial charge in [-0.1, -0.05) is 20.8 Å². The highest BCUT2D eigenvalue weighted by molar-refractivity contribution is 7.09. The lowest BCUT2D eigenvalue weighted by atomic mass is 9.90. The van der Waals surface area contributed by atoms with Crippen molar-refractivity contribution in [2.75, 3.05) is 6.54 Å². The molecule has 0 saturated heterocycles. The molecule has 1 aromatic heterocycles. The maximum atomic E-state index is 4.28. The Bertz CT molecular complexity index is 304. The molecule has 0 radical (unpaired) electrons. The SMILES string of the molecule is CCC(C)(C)CNC(C)c1scnc1C. The Labute approximate surface area is 97.1 Å². The lowest BCUT2D eigenvalue weighted by molar-refractivity contribution is 0.314. The Morgan fingerprint density at radius 2 is 2.20 bits per heavy atom. The van der Waals surface area contributed by atoms with Gasteiger partial charge in [0.2, 0.25) is 0 Å². The van der Waals surface area contributed by atoms with Crippen LogP contribution in [0.15, 0.2) is 5.51 Å². The molecule has 0 spiro atoms. The molecule has 1 heterocycles. The highest BCUT2D eigenvalue weighted by Gasteiger charge is 2.17. The van der Waals surface area contributed by atoms with Crippen molar-refractivity contribution in [1.82, 2.24) is 10.3 Å². The highest BCUT2D eigenvalue weighted by Crippen LogP contribution is 2.24. The van der Waals surface area contributed by atoms with Gasteiger partial charge in [-0.3, -0.25) is 0 Å². The third-order valence-electron chi connectivity index (χ3n) is 3.02. The number of thiazole rings is 1. The van der Waals surface area contributed by atoms with Crippen molar-refractivity contribution in [3.8, 4) is 0 Å². The topological polar surface area (TPSA) is 24.9 Å². The van der Waals surface area contributed by atoms with Gasteiger partial charge in [0.05, 0.1) is 11.2 Å². The molecule has 0 aromatic carbocycles. The first-order valence-corrected chi connectivity index (χ1v) is 6.47. The Kier molecular flexibility index (Phi) is 4.29. The van der Waals surface area contributed by atoms with Crippen molar-refractivity contribution >= 4 is 11.3 Å². The molecule has 1 unspecified atom stereocenters. The van der Waals surface area contributed by atoms with Crippen LogP contribution in [0, 0.1) is 12.3 Å². The summed E-state index contributed by atoms with van der Waals surface area (Å²) in [5.74, 6) is 0. The number of rotatable bonds is 5. The second-order valence-corrected chi connectivity index (χ2v) is 5.81. The van der Waals surface area contributed by atoms with E-state index in [0.717, 1.165) is 12.2 Å². The van der Waals surface area contributed by atoms with Crippen molar-refractivity contribution in [3.05, 3.63) is 16.1 Å². The first-order valence-electron chi connectivity index (χ1n) is 5.59. The van der Waals surface area contributed by atoms with E-state index in [1.54, 1.807) is 11.3 Å². The molecule has 1 atom stereocenters. The van der Waals surface area contributed by atoms with Gasteiger partial charge in [0.15, 0.2) is 0 Å². The Morgan fingerprint density at radius 3 is 2.67 bits per heavy atom. The molecule has 86 valence electrons. The van der Waals surface area contributed by atoms with Gasteiger partial charge in [0.1, 0.15) is 0 Å². The third-order valence-corrected chi connectivity index (χ3v) is 4.13. The number of aryl methyl sites for hydroxylation is 1. The normalized spacial score (nSPS) is 14.2. The molecule has 0 fully saturated rings. The van der Waals surface area contributed by atoms with Crippen LogP contribution in [0.2, 0.25) is 0 Å². The molecule has 0 aliphatic heterocycles. The maximum absolute atomic E-state index is 4.28. The Hall–Kier alpha value is -0.410. The standard InChI is InChI=1S/C12H22N2S/c1-6-12(4,5)7-13-9(2)11-10(3)14-8-15-11/h8-9,13H,6-7H2,1-5H3.